The molecular formula is C29H39N2O8S2+. The van der Waals surface area contributed by atoms with Gasteiger partial charge in [0.25, 0.3) is 20.2 Å². The van der Waals surface area contributed by atoms with Crippen molar-refractivity contribution >= 4 is 31.9 Å². The number of anilines is 1. The van der Waals surface area contributed by atoms with Crippen LogP contribution in [0.15, 0.2) is 77.0 Å². The number of rotatable bonds is 16. The van der Waals surface area contributed by atoms with Gasteiger partial charge in [0, 0.05) is 30.9 Å². The number of unbranched alkanes of at least 4 members (excludes halogenated alkanes) is 3. The average Bonchev–Trinajstić information content (AvgIpc) is 3.13. The van der Waals surface area contributed by atoms with Crippen molar-refractivity contribution in [3.8, 4) is 0 Å². The van der Waals surface area contributed by atoms with Crippen LogP contribution in [0.2, 0.25) is 0 Å². The molecule has 0 radical (unpaired) electrons. The van der Waals surface area contributed by atoms with Crippen molar-refractivity contribution in [1.29, 1.82) is 0 Å². The molecule has 41 heavy (non-hydrogen) atoms. The van der Waals surface area contributed by atoms with Crippen LogP contribution in [0.1, 0.15) is 58.3 Å². The van der Waals surface area contributed by atoms with Crippen LogP contribution >= 0.6 is 0 Å². The summed E-state index contributed by atoms with van der Waals surface area (Å²) in [4.78, 5) is 13.0. The summed E-state index contributed by atoms with van der Waals surface area (Å²) in [6.45, 7) is 2.60. The van der Waals surface area contributed by atoms with Gasteiger partial charge in [0.05, 0.1) is 30.1 Å². The molecule has 0 saturated heterocycles. The molecule has 1 aromatic rings. The molecule has 2 atom stereocenters. The van der Waals surface area contributed by atoms with Crippen LogP contribution in [0, 0.1) is 11.8 Å². The quantitative estimate of drug-likeness (QED) is 0.0851. The Bertz CT molecular complexity index is 1400. The number of carbonyl (C=O) groups is 1. The standard InChI is InChI=1S/C29H38N2O8S2/c1-29(18-8-11-21-40(34,35)36)25-22-24(41(37,38)39)16-17-26(25)31(20-10-3-6-15-28(32)33)27(29)14-7-9-19-30-23-12-4-2-5-13-23/h2,4-5,7,9,12-14,17,19,22,27,30H,3,6,8,10-11,15-16,18,20-21H2,1H3,(H2-,32,33,34,35,36,37,38,39)/p+1. The van der Waals surface area contributed by atoms with Crippen LogP contribution in [0.3, 0.4) is 0 Å². The van der Waals surface area contributed by atoms with E-state index in [0.717, 1.165) is 23.4 Å². The summed E-state index contributed by atoms with van der Waals surface area (Å²) in [7, 11) is -8.51. The van der Waals surface area contributed by atoms with Gasteiger partial charge in [0.15, 0.2) is 0 Å². The minimum Gasteiger partial charge on any atom is -0.481 e. The zero-order valence-electron chi connectivity index (χ0n) is 23.1. The largest absolute Gasteiger partial charge is 0.481 e. The lowest BCUT2D eigenvalue weighted by atomic mass is 9.72. The van der Waals surface area contributed by atoms with E-state index in [4.69, 9.17) is 5.11 Å². The van der Waals surface area contributed by atoms with Gasteiger partial charge in [0.1, 0.15) is 10.5 Å². The van der Waals surface area contributed by atoms with E-state index < -0.39 is 31.6 Å². The number of nitrogens with zero attached hydrogens (tertiary/aromatic N) is 1. The fourth-order valence-electron chi connectivity index (χ4n) is 5.44. The van der Waals surface area contributed by atoms with Crippen LogP contribution < -0.4 is 5.32 Å². The molecule has 1 aromatic carbocycles. The third-order valence-electron chi connectivity index (χ3n) is 7.49. The second kappa shape index (κ2) is 14.2. The van der Waals surface area contributed by atoms with Gasteiger partial charge in [-0.1, -0.05) is 36.8 Å². The topological polar surface area (TPSA) is 161 Å². The van der Waals surface area contributed by atoms with Crippen LogP contribution in [-0.4, -0.2) is 60.3 Å². The second-order valence-electron chi connectivity index (χ2n) is 10.6. The van der Waals surface area contributed by atoms with Gasteiger partial charge in [-0.3, -0.25) is 13.9 Å². The molecule has 4 N–H and O–H groups in total. The van der Waals surface area contributed by atoms with Crippen LogP contribution in [0.5, 0.6) is 0 Å². The molecular weight excluding hydrogens is 568 g/mol. The molecule has 0 spiro atoms. The molecule has 2 unspecified atom stereocenters. The molecule has 3 rings (SSSR count). The van der Waals surface area contributed by atoms with Crippen molar-refractivity contribution in [3.05, 3.63) is 83.4 Å². The zero-order chi connectivity index (χ0) is 30.1. The van der Waals surface area contributed by atoms with E-state index >= 15 is 0 Å². The van der Waals surface area contributed by atoms with Gasteiger partial charge in [0.2, 0.25) is 5.70 Å². The third kappa shape index (κ3) is 9.49. The minimum atomic E-state index is -4.41. The van der Waals surface area contributed by atoms with Crippen LogP contribution in [0.4, 0.5) is 5.69 Å². The first kappa shape index (κ1) is 32.5. The average molecular weight is 608 g/mol. The van der Waals surface area contributed by atoms with E-state index in [0.29, 0.717) is 32.2 Å². The fraction of sp³-hybridized carbons (Fsp3) is 0.448. The first-order chi connectivity index (χ1) is 19.3. The highest BCUT2D eigenvalue weighted by atomic mass is 32.2. The van der Waals surface area contributed by atoms with Gasteiger partial charge < -0.3 is 15.3 Å². The summed E-state index contributed by atoms with van der Waals surface area (Å²) in [5, 5.41) is 12.2. The molecule has 10 nitrogen and oxygen atoms in total. The minimum absolute atomic E-state index is 0.0450. The summed E-state index contributed by atoms with van der Waals surface area (Å²) in [5.74, 6) is -1.21. The highest BCUT2D eigenvalue weighted by Crippen LogP contribution is 2.52. The molecule has 0 fully saturated rings. The maximum Gasteiger partial charge on any atom is 0.303 e. The number of allylic oxidation sites excluding steroid dienone is 5. The number of para-hydroxylation sites is 1. The summed E-state index contributed by atoms with van der Waals surface area (Å²) >= 11 is 0. The van der Waals surface area contributed by atoms with Crippen molar-refractivity contribution in [2.75, 3.05) is 17.6 Å². The number of hydrogen-bond acceptors (Lipinski definition) is 7. The highest BCUT2D eigenvalue weighted by molar-refractivity contribution is 7.89. The number of hydrogen-bond donors (Lipinski definition) is 4. The Morgan fingerprint density at radius 2 is 1.80 bits per heavy atom. The van der Waals surface area contributed by atoms with Crippen molar-refractivity contribution in [3.63, 3.8) is 0 Å². The Labute approximate surface area is 243 Å². The van der Waals surface area contributed by atoms with E-state index in [1.54, 1.807) is 12.6 Å². The van der Waals surface area contributed by atoms with E-state index in [9.17, 15) is 30.7 Å². The molecule has 12 heteroatoms. The van der Waals surface area contributed by atoms with E-state index in [2.05, 4.69) is 10.2 Å². The van der Waals surface area contributed by atoms with Gasteiger partial charge in [-0.25, -0.2) is 0 Å². The fourth-order valence-corrected chi connectivity index (χ4v) is 6.57. The number of nitrogens with one attached hydrogen (secondary N) is 1. The molecule has 1 aliphatic carbocycles. The van der Waals surface area contributed by atoms with E-state index in [1.807, 2.05) is 55.5 Å². The van der Waals surface area contributed by atoms with Gasteiger partial charge >= 0.3 is 5.97 Å². The normalized spacial score (nSPS) is 21.3. The monoisotopic (exact) mass is 607 g/mol. The maximum atomic E-state index is 12.0. The Balaban J connectivity index is 1.90. The van der Waals surface area contributed by atoms with Crippen LogP contribution in [0.25, 0.3) is 0 Å². The van der Waals surface area contributed by atoms with Crippen molar-refractivity contribution < 1.29 is 35.8 Å². The van der Waals surface area contributed by atoms with Gasteiger partial charge in [-0.15, -0.1) is 0 Å². The Morgan fingerprint density at radius 3 is 2.46 bits per heavy atom. The molecule has 0 saturated carbocycles. The predicted molar refractivity (Wildman–Crippen MR) is 159 cm³/mol. The number of benzene rings is 1. The van der Waals surface area contributed by atoms with Gasteiger partial charge in [-0.2, -0.15) is 16.8 Å². The smallest absolute Gasteiger partial charge is 0.303 e. The maximum absolute atomic E-state index is 12.0. The lowest BCUT2D eigenvalue weighted by Gasteiger charge is -2.33. The Hall–Kier alpha value is -3.06. The molecule has 1 heterocycles. The summed E-state index contributed by atoms with van der Waals surface area (Å²) in [5.41, 5.74) is 1.89. The Kier molecular flexibility index (Phi) is 11.3. The van der Waals surface area contributed by atoms with E-state index in [1.165, 1.54) is 6.08 Å². The number of carboxylic acids is 1. The first-order valence-electron chi connectivity index (χ1n) is 13.7. The van der Waals surface area contributed by atoms with Crippen molar-refractivity contribution in [2.24, 2.45) is 5.41 Å². The van der Waals surface area contributed by atoms with Gasteiger partial charge in [-0.05, 0) is 57.2 Å². The molecule has 0 bridgehead atoms. The lowest BCUT2D eigenvalue weighted by molar-refractivity contribution is -0.137. The molecule has 1 aliphatic heterocycles. The number of carboxylic acid groups (broad SMARTS) is 1. The SMILES string of the molecule is CC1(CCCCS(=O)(=O)O)C2=C([CH+]CC(S(=O)(=O)O)=C2)N(CCCCCC(=O)O)C1C=CC=CNc1ccccc1. The Morgan fingerprint density at radius 1 is 1.07 bits per heavy atom. The van der Waals surface area contributed by atoms with Crippen molar-refractivity contribution in [2.45, 2.75) is 64.3 Å². The van der Waals surface area contributed by atoms with Crippen molar-refractivity contribution in [1.82, 2.24) is 4.90 Å². The number of aliphatic carboxylic acids is 1. The lowest BCUT2D eigenvalue weighted by Crippen LogP contribution is -2.39. The highest BCUT2D eigenvalue weighted by Gasteiger charge is 2.54. The summed E-state index contributed by atoms with van der Waals surface area (Å²) < 4.78 is 65.6. The molecule has 0 amide bonds. The second-order valence-corrected chi connectivity index (χ2v) is 13.6. The third-order valence-corrected chi connectivity index (χ3v) is 9.24. The molecule has 224 valence electrons. The summed E-state index contributed by atoms with van der Waals surface area (Å²) in [6, 6.07) is 9.42. The van der Waals surface area contributed by atoms with E-state index in [-0.39, 0.29) is 36.0 Å². The molecule has 2 aliphatic rings. The summed E-state index contributed by atoms with van der Waals surface area (Å²) in [6.07, 6.45) is 14.2. The first-order valence-corrected chi connectivity index (χ1v) is 16.7. The molecule has 0 aromatic heterocycles. The van der Waals surface area contributed by atoms with Crippen LogP contribution in [-0.2, 0) is 25.0 Å². The zero-order valence-corrected chi connectivity index (χ0v) is 24.8. The predicted octanol–water partition coefficient (Wildman–Crippen LogP) is 5.20.